The van der Waals surface area contributed by atoms with Crippen molar-refractivity contribution in [3.8, 4) is 17.6 Å². The Kier molecular flexibility index (Phi) is 7.74. The van der Waals surface area contributed by atoms with Crippen molar-refractivity contribution in [3.05, 3.63) is 29.3 Å². The van der Waals surface area contributed by atoms with E-state index >= 15 is 0 Å². The van der Waals surface area contributed by atoms with Crippen LogP contribution in [0.4, 0.5) is 0 Å². The highest BCUT2D eigenvalue weighted by molar-refractivity contribution is 5.48. The smallest absolute Gasteiger partial charge is 0.134 e. The molecule has 1 aromatic rings. The molecule has 0 fully saturated rings. The number of aliphatic hydroxyl groups is 2. The van der Waals surface area contributed by atoms with Gasteiger partial charge in [0.1, 0.15) is 5.75 Å². The van der Waals surface area contributed by atoms with Crippen LogP contribution in [-0.2, 0) is 6.54 Å². The first-order valence-electron chi connectivity index (χ1n) is 6.85. The van der Waals surface area contributed by atoms with E-state index in [-0.39, 0.29) is 13.2 Å². The molecule has 0 aliphatic carbocycles. The van der Waals surface area contributed by atoms with Crippen molar-refractivity contribution in [2.24, 2.45) is 0 Å². The maximum Gasteiger partial charge on any atom is 0.134 e. The molecule has 0 aliphatic heterocycles. The quantitative estimate of drug-likeness (QED) is 0.736. The zero-order valence-electron chi connectivity index (χ0n) is 12.2. The third kappa shape index (κ3) is 5.22. The number of nitrogens with zero attached hydrogens (tertiary/aromatic N) is 1. The molecule has 0 heterocycles. The number of ether oxygens (including phenoxy) is 1. The van der Waals surface area contributed by atoms with Gasteiger partial charge in [-0.1, -0.05) is 24.8 Å². The SMILES string of the molecule is CCN(CCO)Cc1ccc(OC)c(C#CCCO)c1. The molecule has 1 aromatic carbocycles. The Labute approximate surface area is 121 Å². The number of rotatable bonds is 7. The van der Waals surface area contributed by atoms with Gasteiger partial charge < -0.3 is 14.9 Å². The fourth-order valence-electron chi connectivity index (χ4n) is 1.91. The molecular formula is C16H23NO3. The van der Waals surface area contributed by atoms with Gasteiger partial charge in [0.15, 0.2) is 0 Å². The van der Waals surface area contributed by atoms with E-state index in [1.54, 1.807) is 7.11 Å². The zero-order chi connectivity index (χ0) is 14.8. The van der Waals surface area contributed by atoms with E-state index in [0.717, 1.165) is 30.0 Å². The summed E-state index contributed by atoms with van der Waals surface area (Å²) in [6.07, 6.45) is 0.457. The van der Waals surface area contributed by atoms with E-state index in [0.29, 0.717) is 13.0 Å². The molecule has 0 atom stereocenters. The molecule has 0 aromatic heterocycles. The van der Waals surface area contributed by atoms with Crippen molar-refractivity contribution in [1.82, 2.24) is 4.90 Å². The highest BCUT2D eigenvalue weighted by Crippen LogP contribution is 2.19. The maximum absolute atomic E-state index is 9.02. The Balaban J connectivity index is 2.89. The average molecular weight is 277 g/mol. The van der Waals surface area contributed by atoms with E-state index in [4.69, 9.17) is 14.9 Å². The Morgan fingerprint density at radius 1 is 1.25 bits per heavy atom. The molecule has 1 rings (SSSR count). The second-order valence-corrected chi connectivity index (χ2v) is 4.40. The minimum Gasteiger partial charge on any atom is -0.495 e. The molecule has 110 valence electrons. The first kappa shape index (κ1) is 16.5. The first-order valence-corrected chi connectivity index (χ1v) is 6.85. The number of likely N-dealkylation sites (N-methyl/N-ethyl adjacent to an activating group) is 1. The van der Waals surface area contributed by atoms with Crippen molar-refractivity contribution in [2.45, 2.75) is 19.9 Å². The number of methoxy groups -OCH3 is 1. The van der Waals surface area contributed by atoms with Crippen LogP contribution < -0.4 is 4.74 Å². The lowest BCUT2D eigenvalue weighted by atomic mass is 10.1. The summed E-state index contributed by atoms with van der Waals surface area (Å²) >= 11 is 0. The van der Waals surface area contributed by atoms with Crippen LogP contribution in [-0.4, -0.2) is 48.5 Å². The molecule has 0 aliphatic rings. The molecule has 4 nitrogen and oxygen atoms in total. The topological polar surface area (TPSA) is 52.9 Å². The van der Waals surface area contributed by atoms with Crippen LogP contribution >= 0.6 is 0 Å². The van der Waals surface area contributed by atoms with Gasteiger partial charge >= 0.3 is 0 Å². The zero-order valence-corrected chi connectivity index (χ0v) is 12.2. The Hall–Kier alpha value is -1.54. The molecule has 0 bridgehead atoms. The van der Waals surface area contributed by atoms with E-state index < -0.39 is 0 Å². The van der Waals surface area contributed by atoms with Crippen molar-refractivity contribution in [1.29, 1.82) is 0 Å². The minimum absolute atomic E-state index is 0.0646. The van der Waals surface area contributed by atoms with Gasteiger partial charge in [-0.3, -0.25) is 4.90 Å². The number of aliphatic hydroxyl groups excluding tert-OH is 2. The molecule has 0 amide bonds. The summed E-state index contributed by atoms with van der Waals surface area (Å²) in [5, 5.41) is 17.8. The van der Waals surface area contributed by atoms with Gasteiger partial charge in [-0.15, -0.1) is 0 Å². The summed E-state index contributed by atoms with van der Waals surface area (Å²) in [5.41, 5.74) is 1.97. The Morgan fingerprint density at radius 3 is 2.65 bits per heavy atom. The van der Waals surface area contributed by atoms with E-state index in [9.17, 15) is 0 Å². The first-order chi connectivity index (χ1) is 9.74. The molecule has 2 N–H and O–H groups in total. The van der Waals surface area contributed by atoms with Crippen molar-refractivity contribution >= 4 is 0 Å². The van der Waals surface area contributed by atoms with E-state index in [1.807, 2.05) is 18.2 Å². The number of benzene rings is 1. The molecule has 4 heteroatoms. The van der Waals surface area contributed by atoms with Crippen LogP contribution in [0, 0.1) is 11.8 Å². The van der Waals surface area contributed by atoms with Gasteiger partial charge in [0, 0.05) is 19.5 Å². The van der Waals surface area contributed by atoms with Crippen LogP contribution in [0.3, 0.4) is 0 Å². The van der Waals surface area contributed by atoms with Gasteiger partial charge in [0.25, 0.3) is 0 Å². The average Bonchev–Trinajstić information content (AvgIpc) is 2.47. The van der Waals surface area contributed by atoms with Crippen molar-refractivity contribution < 1.29 is 14.9 Å². The summed E-state index contributed by atoms with van der Waals surface area (Å²) in [6.45, 7) is 4.62. The standard InChI is InChI=1S/C16H23NO3/c1-3-17(9-11-19)13-14-7-8-16(20-2)15(12-14)6-4-5-10-18/h7-8,12,18-19H,3,5,9-11,13H2,1-2H3. The second-order valence-electron chi connectivity index (χ2n) is 4.40. The highest BCUT2D eigenvalue weighted by Gasteiger charge is 2.06. The number of hydrogen-bond donors (Lipinski definition) is 2. The molecule has 0 radical (unpaired) electrons. The van der Waals surface area contributed by atoms with Gasteiger partial charge in [-0.25, -0.2) is 0 Å². The molecular weight excluding hydrogens is 254 g/mol. The monoisotopic (exact) mass is 277 g/mol. The Bertz CT molecular complexity index is 463. The van der Waals surface area contributed by atoms with Crippen LogP contribution in [0.5, 0.6) is 5.75 Å². The van der Waals surface area contributed by atoms with Crippen molar-refractivity contribution in [2.75, 3.05) is 33.4 Å². The Morgan fingerprint density at radius 2 is 2.05 bits per heavy atom. The lowest BCUT2D eigenvalue weighted by Crippen LogP contribution is -2.26. The minimum atomic E-state index is 0.0646. The highest BCUT2D eigenvalue weighted by atomic mass is 16.5. The molecule has 0 unspecified atom stereocenters. The fourth-order valence-corrected chi connectivity index (χ4v) is 1.91. The lowest BCUT2D eigenvalue weighted by Gasteiger charge is -2.19. The van der Waals surface area contributed by atoms with Gasteiger partial charge in [-0.05, 0) is 24.2 Å². The van der Waals surface area contributed by atoms with E-state index in [1.165, 1.54) is 0 Å². The summed E-state index contributed by atoms with van der Waals surface area (Å²) in [7, 11) is 1.62. The van der Waals surface area contributed by atoms with Crippen LogP contribution in [0.2, 0.25) is 0 Å². The lowest BCUT2D eigenvalue weighted by molar-refractivity contribution is 0.197. The van der Waals surface area contributed by atoms with Crippen LogP contribution in [0.25, 0.3) is 0 Å². The largest absolute Gasteiger partial charge is 0.495 e. The second kappa shape index (κ2) is 9.38. The molecule has 0 spiro atoms. The molecule has 0 saturated heterocycles. The van der Waals surface area contributed by atoms with Gasteiger partial charge in [0.05, 0.1) is 25.9 Å². The van der Waals surface area contributed by atoms with Crippen molar-refractivity contribution in [3.63, 3.8) is 0 Å². The predicted octanol–water partition coefficient (Wildman–Crippen LogP) is 1.24. The third-order valence-corrected chi connectivity index (χ3v) is 2.99. The molecule has 20 heavy (non-hydrogen) atoms. The summed E-state index contributed by atoms with van der Waals surface area (Å²) < 4.78 is 5.29. The summed E-state index contributed by atoms with van der Waals surface area (Å²) in [4.78, 5) is 2.16. The number of hydrogen-bond acceptors (Lipinski definition) is 4. The normalized spacial score (nSPS) is 10.2. The summed E-state index contributed by atoms with van der Waals surface area (Å²) in [5.74, 6) is 6.68. The van der Waals surface area contributed by atoms with Gasteiger partial charge in [0.2, 0.25) is 0 Å². The predicted molar refractivity (Wildman–Crippen MR) is 79.6 cm³/mol. The summed E-state index contributed by atoms with van der Waals surface area (Å²) in [6, 6.07) is 5.92. The third-order valence-electron chi connectivity index (χ3n) is 2.99. The van der Waals surface area contributed by atoms with E-state index in [2.05, 4.69) is 23.7 Å². The molecule has 0 saturated carbocycles. The van der Waals surface area contributed by atoms with Crippen LogP contribution in [0.15, 0.2) is 18.2 Å². The van der Waals surface area contributed by atoms with Gasteiger partial charge in [-0.2, -0.15) is 0 Å². The van der Waals surface area contributed by atoms with Crippen LogP contribution in [0.1, 0.15) is 24.5 Å². The maximum atomic E-state index is 9.02. The fraction of sp³-hybridized carbons (Fsp3) is 0.500.